The van der Waals surface area contributed by atoms with Gasteiger partial charge in [-0.05, 0) is 44.5 Å². The van der Waals surface area contributed by atoms with Crippen LogP contribution in [0.1, 0.15) is 24.6 Å². The first-order valence-corrected chi connectivity index (χ1v) is 9.64. The molecule has 0 spiro atoms. The van der Waals surface area contributed by atoms with Gasteiger partial charge in [0.2, 0.25) is 5.91 Å². The number of carbonyl (C=O) groups is 1. The van der Waals surface area contributed by atoms with E-state index in [2.05, 4.69) is 29.4 Å². The molecule has 0 radical (unpaired) electrons. The van der Waals surface area contributed by atoms with Crippen molar-refractivity contribution >= 4 is 27.5 Å². The predicted molar refractivity (Wildman–Crippen MR) is 104 cm³/mol. The van der Waals surface area contributed by atoms with E-state index in [0.29, 0.717) is 13.0 Å². The van der Waals surface area contributed by atoms with Crippen molar-refractivity contribution < 1.29 is 9.53 Å². The van der Waals surface area contributed by atoms with Gasteiger partial charge in [0.1, 0.15) is 11.9 Å². The first kappa shape index (κ1) is 17.0. The quantitative estimate of drug-likeness (QED) is 0.760. The minimum absolute atomic E-state index is 0.0535. The van der Waals surface area contributed by atoms with E-state index < -0.39 is 0 Å². The van der Waals surface area contributed by atoms with E-state index in [0.717, 1.165) is 32.9 Å². The molecule has 0 bridgehead atoms. The van der Waals surface area contributed by atoms with Crippen LogP contribution < -0.4 is 10.1 Å². The number of hydrogen-bond acceptors (Lipinski definition) is 5. The van der Waals surface area contributed by atoms with E-state index in [1.54, 1.807) is 11.3 Å². The summed E-state index contributed by atoms with van der Waals surface area (Å²) in [5, 5.41) is 2.88. The Morgan fingerprint density at radius 2 is 2.15 bits per heavy atom. The summed E-state index contributed by atoms with van der Waals surface area (Å²) in [4.78, 5) is 20.7. The summed E-state index contributed by atoms with van der Waals surface area (Å²) in [5.41, 5.74) is 6.85. The van der Waals surface area contributed by atoms with Gasteiger partial charge in [0.25, 0.3) is 0 Å². The van der Waals surface area contributed by atoms with Crippen molar-refractivity contribution in [3.8, 4) is 17.0 Å². The Labute approximate surface area is 156 Å². The third-order valence-electron chi connectivity index (χ3n) is 5.03. The maximum atomic E-state index is 11.5. The van der Waals surface area contributed by atoms with Gasteiger partial charge in [0.15, 0.2) is 0 Å². The highest BCUT2D eigenvalue weighted by Crippen LogP contribution is 2.35. The minimum atomic E-state index is -0.0535. The maximum Gasteiger partial charge on any atom is 0.220 e. The van der Waals surface area contributed by atoms with Crippen LogP contribution in [0.3, 0.4) is 0 Å². The van der Waals surface area contributed by atoms with Crippen molar-refractivity contribution in [1.29, 1.82) is 0 Å². The van der Waals surface area contributed by atoms with E-state index in [1.807, 2.05) is 31.5 Å². The molecule has 1 N–H and O–H groups in total. The second kappa shape index (κ2) is 6.68. The SMILES string of the molecule is Cc1ccc(-c2cc(OC(C)C3CNC(=O)C3)c3scnc3c2)nc1C. The Balaban J connectivity index is 1.70. The molecule has 3 aromatic rings. The van der Waals surface area contributed by atoms with Crippen molar-refractivity contribution in [2.45, 2.75) is 33.3 Å². The molecule has 1 fully saturated rings. The van der Waals surface area contributed by atoms with Gasteiger partial charge in [-0.3, -0.25) is 9.78 Å². The zero-order valence-electron chi connectivity index (χ0n) is 15.1. The molecule has 2 aromatic heterocycles. The minimum Gasteiger partial charge on any atom is -0.489 e. The van der Waals surface area contributed by atoms with Crippen LogP contribution in [0.4, 0.5) is 0 Å². The number of rotatable bonds is 4. The van der Waals surface area contributed by atoms with Gasteiger partial charge in [-0.25, -0.2) is 4.98 Å². The van der Waals surface area contributed by atoms with Crippen LogP contribution in [-0.4, -0.2) is 28.5 Å². The molecular formula is C20H21N3O2S. The number of thiazole rings is 1. The highest BCUT2D eigenvalue weighted by molar-refractivity contribution is 7.17. The lowest BCUT2D eigenvalue weighted by atomic mass is 10.0. The van der Waals surface area contributed by atoms with E-state index in [-0.39, 0.29) is 17.9 Å². The van der Waals surface area contributed by atoms with Crippen molar-refractivity contribution in [3.63, 3.8) is 0 Å². The first-order valence-electron chi connectivity index (χ1n) is 8.76. The molecule has 26 heavy (non-hydrogen) atoms. The van der Waals surface area contributed by atoms with Gasteiger partial charge >= 0.3 is 0 Å². The predicted octanol–water partition coefficient (Wildman–Crippen LogP) is 3.88. The lowest BCUT2D eigenvalue weighted by Gasteiger charge is -2.20. The van der Waals surface area contributed by atoms with E-state index >= 15 is 0 Å². The number of pyridine rings is 1. The lowest BCUT2D eigenvalue weighted by molar-refractivity contribution is -0.119. The topological polar surface area (TPSA) is 64.1 Å². The molecule has 1 aromatic carbocycles. The zero-order chi connectivity index (χ0) is 18.3. The van der Waals surface area contributed by atoms with Crippen LogP contribution in [0.25, 0.3) is 21.5 Å². The molecule has 6 heteroatoms. The lowest BCUT2D eigenvalue weighted by Crippen LogP contribution is -2.25. The summed E-state index contributed by atoms with van der Waals surface area (Å²) in [5.74, 6) is 1.10. The molecule has 1 aliphatic rings. The highest BCUT2D eigenvalue weighted by Gasteiger charge is 2.28. The van der Waals surface area contributed by atoms with E-state index in [1.165, 1.54) is 5.56 Å². The third kappa shape index (κ3) is 3.17. The summed E-state index contributed by atoms with van der Waals surface area (Å²) in [7, 11) is 0. The monoisotopic (exact) mass is 367 g/mol. The van der Waals surface area contributed by atoms with Crippen LogP contribution in [0.5, 0.6) is 5.75 Å². The molecule has 5 nitrogen and oxygen atoms in total. The number of amides is 1. The molecule has 0 aliphatic carbocycles. The van der Waals surface area contributed by atoms with Crippen LogP contribution in [0.15, 0.2) is 29.8 Å². The van der Waals surface area contributed by atoms with Crippen molar-refractivity contribution in [3.05, 3.63) is 41.0 Å². The smallest absolute Gasteiger partial charge is 0.220 e. The molecule has 4 rings (SSSR count). The largest absolute Gasteiger partial charge is 0.489 e. The van der Waals surface area contributed by atoms with Crippen molar-refractivity contribution in [1.82, 2.24) is 15.3 Å². The summed E-state index contributed by atoms with van der Waals surface area (Å²) in [6.07, 6.45) is 0.466. The molecule has 2 unspecified atom stereocenters. The fourth-order valence-corrected chi connectivity index (χ4v) is 3.95. The molecule has 1 aliphatic heterocycles. The van der Waals surface area contributed by atoms with Crippen molar-refractivity contribution in [2.75, 3.05) is 6.54 Å². The number of benzene rings is 1. The van der Waals surface area contributed by atoms with Gasteiger partial charge in [0, 0.05) is 30.1 Å². The average Bonchev–Trinajstić information content (AvgIpc) is 3.26. The summed E-state index contributed by atoms with van der Waals surface area (Å²) >= 11 is 1.57. The number of carbonyl (C=O) groups excluding carboxylic acids is 1. The summed E-state index contributed by atoms with van der Waals surface area (Å²) < 4.78 is 7.31. The fourth-order valence-electron chi connectivity index (χ4n) is 3.22. The number of ether oxygens (including phenoxy) is 1. The number of nitrogens with zero attached hydrogens (tertiary/aromatic N) is 2. The van der Waals surface area contributed by atoms with Crippen LogP contribution in [0, 0.1) is 19.8 Å². The van der Waals surface area contributed by atoms with Gasteiger partial charge in [-0.2, -0.15) is 0 Å². The van der Waals surface area contributed by atoms with Gasteiger partial charge in [-0.15, -0.1) is 11.3 Å². The second-order valence-electron chi connectivity index (χ2n) is 6.87. The summed E-state index contributed by atoms with van der Waals surface area (Å²) in [6.45, 7) is 6.77. The molecule has 0 saturated carbocycles. The summed E-state index contributed by atoms with van der Waals surface area (Å²) in [6, 6.07) is 8.21. The Hall–Kier alpha value is -2.47. The molecule has 3 heterocycles. The zero-order valence-corrected chi connectivity index (χ0v) is 15.9. The van der Waals surface area contributed by atoms with E-state index in [9.17, 15) is 4.79 Å². The maximum absolute atomic E-state index is 11.5. The molecular weight excluding hydrogens is 346 g/mol. The Kier molecular flexibility index (Phi) is 4.36. The number of hydrogen-bond donors (Lipinski definition) is 1. The van der Waals surface area contributed by atoms with Crippen LogP contribution in [-0.2, 0) is 4.79 Å². The normalized spacial score (nSPS) is 18.1. The Bertz CT molecular complexity index is 982. The number of aromatic nitrogens is 2. The standard InChI is InChI=1S/C20H21N3O2S/c1-11-4-5-16(23-12(11)2)14-6-17-20(26-10-22-17)18(7-14)25-13(3)15-8-19(24)21-9-15/h4-7,10,13,15H,8-9H2,1-3H3,(H,21,24). The van der Waals surface area contributed by atoms with Gasteiger partial charge in [-0.1, -0.05) is 6.07 Å². The third-order valence-corrected chi connectivity index (χ3v) is 5.89. The average molecular weight is 367 g/mol. The highest BCUT2D eigenvalue weighted by atomic mass is 32.1. The second-order valence-corrected chi connectivity index (χ2v) is 7.72. The van der Waals surface area contributed by atoms with Crippen molar-refractivity contribution in [2.24, 2.45) is 5.92 Å². The Morgan fingerprint density at radius 1 is 1.31 bits per heavy atom. The molecule has 1 amide bonds. The fraction of sp³-hybridized carbons (Fsp3) is 0.350. The molecule has 2 atom stereocenters. The Morgan fingerprint density at radius 3 is 2.88 bits per heavy atom. The number of fused-ring (bicyclic) bond motifs is 1. The van der Waals surface area contributed by atoms with Gasteiger partial charge < -0.3 is 10.1 Å². The number of aryl methyl sites for hydroxylation is 2. The van der Waals surface area contributed by atoms with Gasteiger partial charge in [0.05, 0.1) is 21.4 Å². The first-order chi connectivity index (χ1) is 12.5. The molecule has 1 saturated heterocycles. The number of nitrogens with one attached hydrogen (secondary N) is 1. The molecule has 134 valence electrons. The van der Waals surface area contributed by atoms with E-state index in [4.69, 9.17) is 9.72 Å². The van der Waals surface area contributed by atoms with Crippen LogP contribution in [0.2, 0.25) is 0 Å². The van der Waals surface area contributed by atoms with Crippen LogP contribution >= 0.6 is 11.3 Å².